The van der Waals surface area contributed by atoms with Crippen LogP contribution in [0.15, 0.2) is 12.4 Å². The molecule has 0 aliphatic rings. The topological polar surface area (TPSA) is 65.1 Å². The molecule has 0 radical (unpaired) electrons. The second-order valence-electron chi connectivity index (χ2n) is 3.15. The minimum absolute atomic E-state index is 0.0402. The second kappa shape index (κ2) is 5.74. The van der Waals surface area contributed by atoms with Crippen molar-refractivity contribution in [1.29, 1.82) is 0 Å². The van der Waals surface area contributed by atoms with Gasteiger partial charge in [0.25, 0.3) is 0 Å². The third-order valence-corrected chi connectivity index (χ3v) is 2.06. The Balaban J connectivity index is 2.74. The molecule has 0 bridgehead atoms. The van der Waals surface area contributed by atoms with Crippen LogP contribution in [0.1, 0.15) is 25.2 Å². The number of methoxy groups -OCH3 is 1. The fourth-order valence-electron chi connectivity index (χ4n) is 1.42. The van der Waals surface area contributed by atoms with E-state index in [1.165, 1.54) is 0 Å². The van der Waals surface area contributed by atoms with Gasteiger partial charge < -0.3 is 9.30 Å². The van der Waals surface area contributed by atoms with Gasteiger partial charge in [-0.2, -0.15) is 0 Å². The summed E-state index contributed by atoms with van der Waals surface area (Å²) >= 11 is 0. The zero-order valence-corrected chi connectivity index (χ0v) is 8.73. The summed E-state index contributed by atoms with van der Waals surface area (Å²) in [6, 6.07) is -0.0402. The normalized spacial score (nSPS) is 13.1. The molecule has 1 aromatic rings. The van der Waals surface area contributed by atoms with Gasteiger partial charge in [0.05, 0.1) is 6.61 Å². The van der Waals surface area contributed by atoms with Crippen LogP contribution in [0.5, 0.6) is 0 Å². The Morgan fingerprint density at radius 1 is 1.71 bits per heavy atom. The summed E-state index contributed by atoms with van der Waals surface area (Å²) in [5, 5.41) is 0. The number of hydrazine groups is 1. The fraction of sp³-hybridized carbons (Fsp3) is 0.667. The summed E-state index contributed by atoms with van der Waals surface area (Å²) in [4.78, 5) is 4.27. The van der Waals surface area contributed by atoms with Crippen molar-refractivity contribution in [2.75, 3.05) is 13.7 Å². The average molecular weight is 198 g/mol. The molecule has 0 aliphatic carbocycles. The first kappa shape index (κ1) is 11.2. The van der Waals surface area contributed by atoms with Crippen LogP contribution in [0.25, 0.3) is 0 Å². The first-order chi connectivity index (χ1) is 6.83. The molecule has 0 saturated carbocycles. The Labute approximate surface area is 84.2 Å². The van der Waals surface area contributed by atoms with Gasteiger partial charge in [-0.3, -0.25) is 5.84 Å². The molecule has 1 unspecified atom stereocenters. The predicted octanol–water partition coefficient (Wildman–Crippen LogP) is 0.444. The van der Waals surface area contributed by atoms with Crippen molar-refractivity contribution in [2.24, 2.45) is 5.84 Å². The molecule has 0 aromatic carbocycles. The molecule has 1 rings (SSSR count). The molecule has 80 valence electrons. The van der Waals surface area contributed by atoms with Crippen molar-refractivity contribution in [3.05, 3.63) is 18.2 Å². The summed E-state index contributed by atoms with van der Waals surface area (Å²) in [5.41, 5.74) is 2.70. The van der Waals surface area contributed by atoms with Crippen molar-refractivity contribution in [1.82, 2.24) is 15.0 Å². The van der Waals surface area contributed by atoms with Gasteiger partial charge in [0.1, 0.15) is 11.9 Å². The first-order valence-electron chi connectivity index (χ1n) is 4.79. The van der Waals surface area contributed by atoms with Gasteiger partial charge in [0.15, 0.2) is 0 Å². The van der Waals surface area contributed by atoms with Crippen LogP contribution >= 0.6 is 0 Å². The smallest absolute Gasteiger partial charge is 0.129 e. The maximum atomic E-state index is 5.43. The number of imidazole rings is 1. The van der Waals surface area contributed by atoms with E-state index in [1.807, 2.05) is 6.20 Å². The summed E-state index contributed by atoms with van der Waals surface area (Å²) in [6.45, 7) is 3.61. The fourth-order valence-corrected chi connectivity index (χ4v) is 1.42. The Bertz CT molecular complexity index is 261. The van der Waals surface area contributed by atoms with Gasteiger partial charge in [-0.05, 0) is 6.42 Å². The lowest BCUT2D eigenvalue weighted by Crippen LogP contribution is -2.33. The lowest BCUT2D eigenvalue weighted by Gasteiger charge is -2.15. The molecule has 1 aromatic heterocycles. The number of hydrogen-bond donors (Lipinski definition) is 2. The van der Waals surface area contributed by atoms with Crippen LogP contribution in [0.3, 0.4) is 0 Å². The van der Waals surface area contributed by atoms with E-state index in [-0.39, 0.29) is 6.04 Å². The van der Waals surface area contributed by atoms with Crippen molar-refractivity contribution < 1.29 is 4.74 Å². The van der Waals surface area contributed by atoms with Crippen molar-refractivity contribution in [2.45, 2.75) is 25.9 Å². The largest absolute Gasteiger partial charge is 0.383 e. The molecule has 0 saturated heterocycles. The van der Waals surface area contributed by atoms with Crippen LogP contribution in [0.2, 0.25) is 0 Å². The Kier molecular flexibility index (Phi) is 4.58. The van der Waals surface area contributed by atoms with Gasteiger partial charge >= 0.3 is 0 Å². The number of aromatic nitrogens is 2. The van der Waals surface area contributed by atoms with Crippen molar-refractivity contribution in [3.8, 4) is 0 Å². The molecule has 3 N–H and O–H groups in total. The number of hydrogen-bond acceptors (Lipinski definition) is 4. The maximum Gasteiger partial charge on any atom is 0.129 e. The van der Waals surface area contributed by atoms with Crippen LogP contribution in [0.4, 0.5) is 0 Å². The van der Waals surface area contributed by atoms with E-state index in [1.54, 1.807) is 13.3 Å². The van der Waals surface area contributed by atoms with E-state index in [2.05, 4.69) is 21.9 Å². The van der Waals surface area contributed by atoms with Gasteiger partial charge in [0.2, 0.25) is 0 Å². The number of aryl methyl sites for hydroxylation is 1. The molecular formula is C9H18N4O. The van der Waals surface area contributed by atoms with Crippen LogP contribution in [-0.2, 0) is 11.3 Å². The lowest BCUT2D eigenvalue weighted by atomic mass is 10.3. The van der Waals surface area contributed by atoms with Gasteiger partial charge in [-0.1, -0.05) is 6.92 Å². The zero-order chi connectivity index (χ0) is 10.4. The van der Waals surface area contributed by atoms with E-state index in [9.17, 15) is 0 Å². The van der Waals surface area contributed by atoms with Crippen molar-refractivity contribution in [3.63, 3.8) is 0 Å². The standard InChI is InChI=1S/C9H18N4O/c1-3-5-13-6-4-11-9(13)8(12-10)7-14-2/h4,6,8,12H,3,5,7,10H2,1-2H3. The van der Waals surface area contributed by atoms with E-state index in [0.29, 0.717) is 6.61 Å². The van der Waals surface area contributed by atoms with Crippen molar-refractivity contribution >= 4 is 0 Å². The van der Waals surface area contributed by atoms with Crippen LogP contribution in [0, 0.1) is 0 Å². The molecule has 0 fully saturated rings. The number of ether oxygens (including phenoxy) is 1. The number of nitrogens with one attached hydrogen (secondary N) is 1. The Hall–Kier alpha value is -0.910. The second-order valence-corrected chi connectivity index (χ2v) is 3.15. The first-order valence-corrected chi connectivity index (χ1v) is 4.79. The number of rotatable bonds is 6. The SMILES string of the molecule is CCCn1ccnc1C(COC)NN. The number of nitrogens with zero attached hydrogens (tertiary/aromatic N) is 2. The molecule has 1 heterocycles. The Morgan fingerprint density at radius 3 is 3.07 bits per heavy atom. The third kappa shape index (κ3) is 2.54. The van der Waals surface area contributed by atoms with E-state index in [0.717, 1.165) is 18.8 Å². The summed E-state index contributed by atoms with van der Waals surface area (Å²) < 4.78 is 7.14. The van der Waals surface area contributed by atoms with Gasteiger partial charge in [-0.25, -0.2) is 10.4 Å². The molecule has 5 nitrogen and oxygen atoms in total. The molecule has 0 amide bonds. The van der Waals surface area contributed by atoms with Gasteiger partial charge in [0, 0.05) is 26.0 Å². The summed E-state index contributed by atoms with van der Waals surface area (Å²) in [5.74, 6) is 6.36. The highest BCUT2D eigenvalue weighted by Crippen LogP contribution is 2.10. The molecule has 1 atom stereocenters. The lowest BCUT2D eigenvalue weighted by molar-refractivity contribution is 0.162. The quantitative estimate of drug-likeness (QED) is 0.514. The van der Waals surface area contributed by atoms with E-state index >= 15 is 0 Å². The summed E-state index contributed by atoms with van der Waals surface area (Å²) in [6.07, 6.45) is 4.82. The van der Waals surface area contributed by atoms with E-state index < -0.39 is 0 Å². The highest BCUT2D eigenvalue weighted by Gasteiger charge is 2.14. The molecular weight excluding hydrogens is 180 g/mol. The monoisotopic (exact) mass is 198 g/mol. The third-order valence-electron chi connectivity index (χ3n) is 2.06. The predicted molar refractivity (Wildman–Crippen MR) is 54.5 cm³/mol. The molecule has 0 spiro atoms. The van der Waals surface area contributed by atoms with Gasteiger partial charge in [-0.15, -0.1) is 0 Å². The minimum Gasteiger partial charge on any atom is -0.383 e. The highest BCUT2D eigenvalue weighted by molar-refractivity contribution is 4.99. The van der Waals surface area contributed by atoms with Crippen LogP contribution in [-0.4, -0.2) is 23.3 Å². The number of nitrogens with two attached hydrogens (primary N) is 1. The summed E-state index contributed by atoms with van der Waals surface area (Å²) in [7, 11) is 1.65. The Morgan fingerprint density at radius 2 is 2.50 bits per heavy atom. The molecule has 14 heavy (non-hydrogen) atoms. The highest BCUT2D eigenvalue weighted by atomic mass is 16.5. The maximum absolute atomic E-state index is 5.43. The molecule has 5 heteroatoms. The minimum atomic E-state index is -0.0402. The van der Waals surface area contributed by atoms with E-state index in [4.69, 9.17) is 10.6 Å². The average Bonchev–Trinajstić information content (AvgIpc) is 2.63. The zero-order valence-electron chi connectivity index (χ0n) is 8.73. The van der Waals surface area contributed by atoms with Crippen LogP contribution < -0.4 is 11.3 Å². The molecule has 0 aliphatic heterocycles.